The van der Waals surface area contributed by atoms with Gasteiger partial charge in [-0.2, -0.15) is 0 Å². The Labute approximate surface area is 170 Å². The Hall–Kier alpha value is -3.63. The smallest absolute Gasteiger partial charge is 0.238 e. The van der Waals surface area contributed by atoms with Crippen LogP contribution in [0.2, 0.25) is 0 Å². The third-order valence-electron chi connectivity index (χ3n) is 4.71. The second-order valence-electron chi connectivity index (χ2n) is 6.70. The molecule has 0 aliphatic carbocycles. The lowest BCUT2D eigenvalue weighted by Crippen LogP contribution is -2.31. The van der Waals surface area contributed by atoms with Gasteiger partial charge in [0.15, 0.2) is 0 Å². The van der Waals surface area contributed by atoms with E-state index in [9.17, 15) is 4.79 Å². The van der Waals surface area contributed by atoms with Gasteiger partial charge < -0.3 is 9.73 Å². The molecule has 0 fully saturated rings. The van der Waals surface area contributed by atoms with Crippen LogP contribution in [-0.4, -0.2) is 12.5 Å². The number of rotatable bonds is 7. The van der Waals surface area contributed by atoms with Gasteiger partial charge in [-0.05, 0) is 29.3 Å². The highest BCUT2D eigenvalue weighted by Crippen LogP contribution is 2.27. The second kappa shape index (κ2) is 9.04. The lowest BCUT2D eigenvalue weighted by molar-refractivity contribution is -0.115. The molecule has 0 radical (unpaired) electrons. The molecular formula is C25H22N2O2. The number of carbonyl (C=O) groups excluding carboxylic acids is 1. The summed E-state index contributed by atoms with van der Waals surface area (Å²) in [5.74, 6) is 0.662. The molecule has 1 heterocycles. The molecule has 3 aromatic carbocycles. The van der Waals surface area contributed by atoms with Crippen molar-refractivity contribution in [2.45, 2.75) is 6.04 Å². The maximum Gasteiger partial charge on any atom is 0.238 e. The van der Waals surface area contributed by atoms with E-state index in [1.54, 1.807) is 6.26 Å². The number of amides is 1. The molecule has 0 unspecified atom stereocenters. The number of para-hydroxylation sites is 1. The van der Waals surface area contributed by atoms with Crippen LogP contribution in [0.1, 0.15) is 17.4 Å². The van der Waals surface area contributed by atoms with Crippen molar-refractivity contribution in [3.05, 3.63) is 115 Å². The van der Waals surface area contributed by atoms with Crippen LogP contribution in [0.5, 0.6) is 0 Å². The topological polar surface area (TPSA) is 54.3 Å². The molecule has 0 aliphatic heterocycles. The van der Waals surface area contributed by atoms with Crippen molar-refractivity contribution >= 4 is 11.6 Å². The van der Waals surface area contributed by atoms with Crippen molar-refractivity contribution in [2.75, 3.05) is 11.9 Å². The van der Waals surface area contributed by atoms with Crippen molar-refractivity contribution in [2.24, 2.45) is 0 Å². The largest absolute Gasteiger partial charge is 0.467 e. The summed E-state index contributed by atoms with van der Waals surface area (Å²) in [7, 11) is 0. The monoisotopic (exact) mass is 382 g/mol. The molecule has 4 nitrogen and oxygen atoms in total. The minimum Gasteiger partial charge on any atom is -0.467 e. The Morgan fingerprint density at radius 2 is 1.48 bits per heavy atom. The molecule has 0 bridgehead atoms. The van der Waals surface area contributed by atoms with Crippen LogP contribution in [0, 0.1) is 0 Å². The van der Waals surface area contributed by atoms with E-state index >= 15 is 0 Å². The molecule has 4 heteroatoms. The molecular weight excluding hydrogens is 360 g/mol. The van der Waals surface area contributed by atoms with E-state index in [2.05, 4.69) is 10.6 Å². The van der Waals surface area contributed by atoms with Crippen LogP contribution in [-0.2, 0) is 4.79 Å². The summed E-state index contributed by atoms with van der Waals surface area (Å²) < 4.78 is 5.58. The molecule has 0 aliphatic rings. The highest BCUT2D eigenvalue weighted by atomic mass is 16.3. The van der Waals surface area contributed by atoms with E-state index in [0.29, 0.717) is 0 Å². The van der Waals surface area contributed by atoms with E-state index in [1.165, 1.54) is 0 Å². The number of hydrogen-bond donors (Lipinski definition) is 2. The van der Waals surface area contributed by atoms with Gasteiger partial charge in [0.25, 0.3) is 0 Å². The predicted octanol–water partition coefficient (Wildman–Crippen LogP) is 5.26. The van der Waals surface area contributed by atoms with Crippen molar-refractivity contribution in [1.82, 2.24) is 5.32 Å². The molecule has 4 aromatic rings. The highest BCUT2D eigenvalue weighted by molar-refractivity contribution is 5.96. The van der Waals surface area contributed by atoms with Crippen molar-refractivity contribution in [3.63, 3.8) is 0 Å². The maximum absolute atomic E-state index is 12.7. The molecule has 0 saturated carbocycles. The summed E-state index contributed by atoms with van der Waals surface area (Å²) in [5.41, 5.74) is 3.89. The fraction of sp³-hybridized carbons (Fsp3) is 0.0800. The number of nitrogens with one attached hydrogen (secondary N) is 2. The van der Waals surface area contributed by atoms with Crippen molar-refractivity contribution in [1.29, 1.82) is 0 Å². The van der Waals surface area contributed by atoms with E-state index in [1.807, 2.05) is 97.1 Å². The lowest BCUT2D eigenvalue weighted by atomic mass is 10.0. The number of benzene rings is 3. The Bertz CT molecular complexity index is 1040. The maximum atomic E-state index is 12.7. The van der Waals surface area contributed by atoms with E-state index in [4.69, 9.17) is 4.42 Å². The molecule has 144 valence electrons. The third kappa shape index (κ3) is 4.62. The van der Waals surface area contributed by atoms with Crippen LogP contribution in [0.3, 0.4) is 0 Å². The van der Waals surface area contributed by atoms with Gasteiger partial charge in [-0.25, -0.2) is 0 Å². The zero-order valence-corrected chi connectivity index (χ0v) is 15.9. The third-order valence-corrected chi connectivity index (χ3v) is 4.71. The van der Waals surface area contributed by atoms with Gasteiger partial charge in [-0.15, -0.1) is 0 Å². The van der Waals surface area contributed by atoms with Gasteiger partial charge in [0.2, 0.25) is 5.91 Å². The summed E-state index contributed by atoms with van der Waals surface area (Å²) in [4.78, 5) is 12.7. The van der Waals surface area contributed by atoms with E-state index in [-0.39, 0.29) is 18.5 Å². The SMILES string of the molecule is O=C(CN[C@H](c1ccccc1)c1ccco1)Nc1ccccc1-c1ccccc1. The number of furan rings is 1. The minimum atomic E-state index is -0.193. The highest BCUT2D eigenvalue weighted by Gasteiger charge is 2.18. The standard InChI is InChI=1S/C25H22N2O2/c28-24(27-22-15-8-7-14-21(22)19-10-3-1-4-11-19)18-26-25(23-16-9-17-29-23)20-12-5-2-6-13-20/h1-17,25-26H,18H2,(H,27,28)/t25-/m1/s1. The molecule has 2 N–H and O–H groups in total. The van der Waals surface area contributed by atoms with Crippen LogP contribution in [0.25, 0.3) is 11.1 Å². The zero-order chi connectivity index (χ0) is 19.9. The Kier molecular flexibility index (Phi) is 5.84. The van der Waals surface area contributed by atoms with Crippen molar-refractivity contribution in [3.8, 4) is 11.1 Å². The Balaban J connectivity index is 1.48. The van der Waals surface area contributed by atoms with Gasteiger partial charge in [0.1, 0.15) is 5.76 Å². The van der Waals surface area contributed by atoms with Crippen molar-refractivity contribution < 1.29 is 9.21 Å². The quantitative estimate of drug-likeness (QED) is 0.458. The average molecular weight is 382 g/mol. The fourth-order valence-corrected chi connectivity index (χ4v) is 3.33. The minimum absolute atomic E-state index is 0.110. The summed E-state index contributed by atoms with van der Waals surface area (Å²) in [5, 5.41) is 6.34. The predicted molar refractivity (Wildman–Crippen MR) is 116 cm³/mol. The zero-order valence-electron chi connectivity index (χ0n) is 15.9. The molecule has 1 atom stereocenters. The molecule has 0 spiro atoms. The first-order valence-electron chi connectivity index (χ1n) is 9.57. The summed E-state index contributed by atoms with van der Waals surface area (Å²) in [6, 6.07) is 31.4. The van der Waals surface area contributed by atoms with Crippen LogP contribution >= 0.6 is 0 Å². The van der Waals surface area contributed by atoms with E-state index < -0.39 is 0 Å². The average Bonchev–Trinajstić information content (AvgIpc) is 3.30. The normalized spacial score (nSPS) is 11.7. The first-order chi connectivity index (χ1) is 14.3. The lowest BCUT2D eigenvalue weighted by Gasteiger charge is -2.17. The van der Waals surface area contributed by atoms with Gasteiger partial charge >= 0.3 is 0 Å². The number of anilines is 1. The number of carbonyl (C=O) groups is 1. The summed E-state index contributed by atoms with van der Waals surface area (Å²) in [6.07, 6.45) is 1.64. The van der Waals surface area contributed by atoms with Gasteiger partial charge in [0.05, 0.1) is 18.8 Å². The first-order valence-corrected chi connectivity index (χ1v) is 9.57. The van der Waals surface area contributed by atoms with Gasteiger partial charge in [-0.3, -0.25) is 10.1 Å². The molecule has 29 heavy (non-hydrogen) atoms. The van der Waals surface area contributed by atoms with Crippen LogP contribution in [0.15, 0.2) is 108 Å². The Morgan fingerprint density at radius 1 is 0.793 bits per heavy atom. The molecule has 1 aromatic heterocycles. The fourth-order valence-electron chi connectivity index (χ4n) is 3.33. The van der Waals surface area contributed by atoms with E-state index in [0.717, 1.165) is 28.1 Å². The van der Waals surface area contributed by atoms with Gasteiger partial charge in [0, 0.05) is 11.3 Å². The first kappa shape index (κ1) is 18.7. The second-order valence-corrected chi connectivity index (χ2v) is 6.70. The number of hydrogen-bond acceptors (Lipinski definition) is 3. The molecule has 4 rings (SSSR count). The molecule has 0 saturated heterocycles. The summed E-state index contributed by atoms with van der Waals surface area (Å²) >= 11 is 0. The Morgan fingerprint density at radius 3 is 2.21 bits per heavy atom. The van der Waals surface area contributed by atoms with Crippen LogP contribution < -0.4 is 10.6 Å². The summed E-state index contributed by atoms with van der Waals surface area (Å²) in [6.45, 7) is 0.156. The molecule has 1 amide bonds. The van der Waals surface area contributed by atoms with Gasteiger partial charge in [-0.1, -0.05) is 78.9 Å². The van der Waals surface area contributed by atoms with Crippen LogP contribution in [0.4, 0.5) is 5.69 Å².